The second-order valence-corrected chi connectivity index (χ2v) is 9.10. The Hall–Kier alpha value is 0.0969. The fourth-order valence-corrected chi connectivity index (χ4v) is 3.51. The van der Waals surface area contributed by atoms with Crippen molar-refractivity contribution in [1.29, 1.82) is 0 Å². The van der Waals surface area contributed by atoms with Gasteiger partial charge in [0.05, 0.1) is 13.2 Å². The summed E-state index contributed by atoms with van der Waals surface area (Å²) in [5.74, 6) is 0.593. The van der Waals surface area contributed by atoms with Crippen molar-refractivity contribution in [3.63, 3.8) is 0 Å². The Morgan fingerprint density at radius 1 is 1.50 bits per heavy atom. The largest absolute Gasteiger partial charge is 0.420 e. The molecule has 4 heteroatoms. The minimum Gasteiger partial charge on any atom is -0.420 e. The van der Waals surface area contributed by atoms with E-state index in [2.05, 4.69) is 20.0 Å². The molecular formula is C10H22O3Si. The van der Waals surface area contributed by atoms with Crippen LogP contribution in [0.25, 0.3) is 0 Å². The molecule has 0 aromatic rings. The molecule has 1 aliphatic heterocycles. The van der Waals surface area contributed by atoms with Gasteiger partial charge in [-0.1, -0.05) is 6.92 Å². The molecule has 14 heavy (non-hydrogen) atoms. The molecule has 0 amide bonds. The number of epoxide rings is 1. The zero-order chi connectivity index (χ0) is 10.6. The van der Waals surface area contributed by atoms with Crippen LogP contribution in [-0.4, -0.2) is 41.4 Å². The van der Waals surface area contributed by atoms with Gasteiger partial charge in [0.25, 0.3) is 0 Å². The van der Waals surface area contributed by atoms with Crippen LogP contribution in [-0.2, 0) is 13.9 Å². The first-order valence-corrected chi connectivity index (χ1v) is 8.39. The predicted molar refractivity (Wildman–Crippen MR) is 59.0 cm³/mol. The molecule has 1 saturated heterocycles. The summed E-state index contributed by atoms with van der Waals surface area (Å²) in [5.41, 5.74) is 0. The summed E-state index contributed by atoms with van der Waals surface area (Å²) in [6.07, 6.45) is 0.384. The fourth-order valence-electron chi connectivity index (χ4n) is 1.55. The molecule has 1 fully saturated rings. The van der Waals surface area contributed by atoms with Crippen LogP contribution >= 0.6 is 0 Å². The third-order valence-corrected chi connectivity index (χ3v) is 5.29. The Balaban J connectivity index is 2.04. The molecular weight excluding hydrogens is 196 g/mol. The van der Waals surface area contributed by atoms with Crippen LogP contribution in [0.2, 0.25) is 19.1 Å². The molecule has 1 aliphatic rings. The van der Waals surface area contributed by atoms with Crippen molar-refractivity contribution in [2.24, 2.45) is 5.92 Å². The first kappa shape index (κ1) is 12.2. The molecule has 2 unspecified atom stereocenters. The Kier molecular flexibility index (Phi) is 4.57. The van der Waals surface area contributed by atoms with E-state index in [4.69, 9.17) is 13.9 Å². The average Bonchev–Trinajstić information content (AvgIpc) is 2.87. The van der Waals surface area contributed by atoms with E-state index in [-0.39, 0.29) is 0 Å². The lowest BCUT2D eigenvalue weighted by Crippen LogP contribution is -2.32. The van der Waals surface area contributed by atoms with Crippen molar-refractivity contribution in [3.8, 4) is 0 Å². The van der Waals surface area contributed by atoms with Crippen molar-refractivity contribution >= 4 is 8.32 Å². The normalized spacial score (nSPS) is 23.6. The van der Waals surface area contributed by atoms with Crippen LogP contribution in [0.5, 0.6) is 0 Å². The Labute approximate surface area is 87.9 Å². The topological polar surface area (TPSA) is 31.0 Å². The van der Waals surface area contributed by atoms with Gasteiger partial charge >= 0.3 is 0 Å². The van der Waals surface area contributed by atoms with Crippen LogP contribution < -0.4 is 0 Å². The summed E-state index contributed by atoms with van der Waals surface area (Å²) < 4.78 is 16.1. The fraction of sp³-hybridized carbons (Fsp3) is 1.00. The van der Waals surface area contributed by atoms with Crippen molar-refractivity contribution < 1.29 is 13.9 Å². The maximum atomic E-state index is 5.55. The summed E-state index contributed by atoms with van der Waals surface area (Å²) in [4.78, 5) is 0. The van der Waals surface area contributed by atoms with Gasteiger partial charge in [0.1, 0.15) is 6.10 Å². The van der Waals surface area contributed by atoms with Gasteiger partial charge in [-0.15, -0.1) is 0 Å². The number of hydrogen-bond acceptors (Lipinski definition) is 3. The molecule has 0 saturated carbocycles. The zero-order valence-corrected chi connectivity index (χ0v) is 10.7. The second kappa shape index (κ2) is 5.26. The third kappa shape index (κ3) is 5.10. The quantitative estimate of drug-likeness (QED) is 0.483. The standard InChI is InChI=1S/C10H22O3Si/c1-9(8-14(3,4)11-2)5-12-6-10-7-13-10/h9-10H,5-8H2,1-4H3. The summed E-state index contributed by atoms with van der Waals surface area (Å²) in [6.45, 7) is 9.19. The van der Waals surface area contributed by atoms with Gasteiger partial charge in [-0.2, -0.15) is 0 Å². The average molecular weight is 218 g/mol. The number of ether oxygens (including phenoxy) is 2. The highest BCUT2D eigenvalue weighted by molar-refractivity contribution is 6.71. The third-order valence-electron chi connectivity index (χ3n) is 2.50. The van der Waals surface area contributed by atoms with E-state index in [0.717, 1.165) is 25.9 Å². The first-order valence-electron chi connectivity index (χ1n) is 5.28. The maximum Gasteiger partial charge on any atom is 0.186 e. The van der Waals surface area contributed by atoms with Crippen LogP contribution in [0.1, 0.15) is 6.92 Å². The van der Waals surface area contributed by atoms with E-state index in [1.165, 1.54) is 0 Å². The predicted octanol–water partition coefficient (Wildman–Crippen LogP) is 1.89. The van der Waals surface area contributed by atoms with Crippen LogP contribution in [0.4, 0.5) is 0 Å². The summed E-state index contributed by atoms with van der Waals surface area (Å²) >= 11 is 0. The summed E-state index contributed by atoms with van der Waals surface area (Å²) in [7, 11) is 0.404. The lowest BCUT2D eigenvalue weighted by atomic mass is 10.2. The molecule has 1 rings (SSSR count). The van der Waals surface area contributed by atoms with Gasteiger partial charge in [0.15, 0.2) is 8.32 Å². The first-order chi connectivity index (χ1) is 6.53. The van der Waals surface area contributed by atoms with E-state index in [1.807, 2.05) is 7.11 Å². The Bertz CT molecular complexity index is 169. The summed E-state index contributed by atoms with van der Waals surface area (Å²) in [6, 6.07) is 1.16. The van der Waals surface area contributed by atoms with Gasteiger partial charge in [-0.05, 0) is 25.1 Å². The molecule has 0 aliphatic carbocycles. The molecule has 0 bridgehead atoms. The molecule has 2 atom stereocenters. The highest BCUT2D eigenvalue weighted by Gasteiger charge is 2.25. The highest BCUT2D eigenvalue weighted by atomic mass is 28.4. The summed E-state index contributed by atoms with van der Waals surface area (Å²) in [5, 5.41) is 0. The SMILES string of the molecule is CO[Si](C)(C)CC(C)COCC1CO1. The van der Waals surface area contributed by atoms with Crippen molar-refractivity contribution in [2.45, 2.75) is 32.2 Å². The highest BCUT2D eigenvalue weighted by Crippen LogP contribution is 2.18. The smallest absolute Gasteiger partial charge is 0.186 e. The van der Waals surface area contributed by atoms with Gasteiger partial charge in [-0.3, -0.25) is 0 Å². The van der Waals surface area contributed by atoms with Crippen LogP contribution in [0, 0.1) is 5.92 Å². The molecule has 84 valence electrons. The van der Waals surface area contributed by atoms with Crippen molar-refractivity contribution in [1.82, 2.24) is 0 Å². The zero-order valence-electron chi connectivity index (χ0n) is 9.71. The monoisotopic (exact) mass is 218 g/mol. The number of rotatable bonds is 7. The van der Waals surface area contributed by atoms with Crippen molar-refractivity contribution in [2.75, 3.05) is 26.9 Å². The molecule has 3 nitrogen and oxygen atoms in total. The van der Waals surface area contributed by atoms with Crippen molar-refractivity contribution in [3.05, 3.63) is 0 Å². The molecule has 0 aromatic heterocycles. The van der Waals surface area contributed by atoms with Gasteiger partial charge in [0.2, 0.25) is 0 Å². The minimum absolute atomic E-state index is 0.384. The number of hydrogen-bond donors (Lipinski definition) is 0. The van der Waals surface area contributed by atoms with E-state index in [9.17, 15) is 0 Å². The van der Waals surface area contributed by atoms with Crippen LogP contribution in [0.3, 0.4) is 0 Å². The minimum atomic E-state index is -1.41. The molecule has 0 spiro atoms. The van der Waals surface area contributed by atoms with Gasteiger partial charge in [0, 0.05) is 13.7 Å². The van der Waals surface area contributed by atoms with E-state index >= 15 is 0 Å². The lowest BCUT2D eigenvalue weighted by molar-refractivity contribution is 0.0939. The molecule has 0 radical (unpaired) electrons. The lowest BCUT2D eigenvalue weighted by Gasteiger charge is -2.23. The van der Waals surface area contributed by atoms with E-state index in [0.29, 0.717) is 12.0 Å². The maximum absolute atomic E-state index is 5.55. The Morgan fingerprint density at radius 3 is 2.64 bits per heavy atom. The van der Waals surface area contributed by atoms with E-state index < -0.39 is 8.32 Å². The molecule has 1 heterocycles. The van der Waals surface area contributed by atoms with Gasteiger partial charge < -0.3 is 13.9 Å². The molecule has 0 aromatic carbocycles. The van der Waals surface area contributed by atoms with E-state index in [1.54, 1.807) is 0 Å². The second-order valence-electron chi connectivity index (χ2n) is 4.77. The van der Waals surface area contributed by atoms with Gasteiger partial charge in [-0.25, -0.2) is 0 Å². The van der Waals surface area contributed by atoms with Crippen LogP contribution in [0.15, 0.2) is 0 Å². The molecule has 0 N–H and O–H groups in total. The Morgan fingerprint density at radius 2 is 2.14 bits per heavy atom.